The van der Waals surface area contributed by atoms with Gasteiger partial charge in [-0.15, -0.1) is 24.8 Å². The van der Waals surface area contributed by atoms with Crippen molar-refractivity contribution in [2.24, 2.45) is 0 Å². The molecule has 0 amide bonds. The Labute approximate surface area is 99.2 Å². The number of ether oxygens (including phenoxy) is 1. The lowest BCUT2D eigenvalue weighted by Crippen LogP contribution is -2.18. The number of alkyl halides is 4. The van der Waals surface area contributed by atoms with Crippen molar-refractivity contribution in [1.82, 2.24) is 4.98 Å². The first-order valence-corrected chi connectivity index (χ1v) is 4.81. The van der Waals surface area contributed by atoms with Gasteiger partial charge in [0.1, 0.15) is 0 Å². The van der Waals surface area contributed by atoms with Crippen LogP contribution in [0.4, 0.5) is 13.2 Å². The number of hydrogen-bond donors (Lipinski definition) is 1. The molecular weight excluding hydrogens is 261 g/mol. The van der Waals surface area contributed by atoms with Crippen molar-refractivity contribution in [2.75, 3.05) is 0 Å². The molecule has 17 heavy (non-hydrogen) atoms. The molecule has 0 bridgehead atoms. The fourth-order valence-electron chi connectivity index (χ4n) is 1.08. The van der Waals surface area contributed by atoms with Crippen molar-refractivity contribution in [1.29, 1.82) is 5.26 Å². The average Bonchev–Trinajstić information content (AvgIpc) is 2.21. The number of pyridine rings is 1. The maximum atomic E-state index is 12.0. The van der Waals surface area contributed by atoms with Crippen LogP contribution in [0, 0.1) is 11.3 Å². The molecule has 0 spiro atoms. The normalized spacial score (nSPS) is 11.0. The third-order valence-electron chi connectivity index (χ3n) is 1.71. The van der Waals surface area contributed by atoms with Gasteiger partial charge in [-0.3, -0.25) is 0 Å². The maximum Gasteiger partial charge on any atom is 0.574 e. The molecule has 1 aromatic rings. The highest BCUT2D eigenvalue weighted by Gasteiger charge is 2.33. The highest BCUT2D eigenvalue weighted by molar-refractivity contribution is 6.17. The Morgan fingerprint density at radius 2 is 2.18 bits per heavy atom. The standard InChI is InChI=1S/C9H6ClF3N2O2/c10-4-5-3-6(1-2-14)15-8(7(5)16)17-9(11,12)13/h3,16H,1,4H2. The summed E-state index contributed by atoms with van der Waals surface area (Å²) in [5.74, 6) is -2.00. The Balaban J connectivity index is 3.19. The summed E-state index contributed by atoms with van der Waals surface area (Å²) in [6, 6.07) is 2.97. The molecule has 0 atom stereocenters. The van der Waals surface area contributed by atoms with Crippen molar-refractivity contribution in [2.45, 2.75) is 18.7 Å². The lowest BCUT2D eigenvalue weighted by atomic mass is 10.2. The molecule has 0 saturated heterocycles. The molecule has 1 heterocycles. The first kappa shape index (κ1) is 13.4. The number of halogens is 4. The third kappa shape index (κ3) is 3.67. The molecule has 1 aromatic heterocycles. The Bertz CT molecular complexity index is 457. The SMILES string of the molecule is N#CCc1cc(CCl)c(O)c(OC(F)(F)F)n1. The van der Waals surface area contributed by atoms with E-state index >= 15 is 0 Å². The Hall–Kier alpha value is -1.68. The topological polar surface area (TPSA) is 66.1 Å². The molecule has 4 nitrogen and oxygen atoms in total. The van der Waals surface area contributed by atoms with Crippen molar-refractivity contribution in [3.63, 3.8) is 0 Å². The second-order valence-corrected chi connectivity index (χ2v) is 3.21. The summed E-state index contributed by atoms with van der Waals surface area (Å²) in [6.45, 7) is 0. The minimum Gasteiger partial charge on any atom is -0.503 e. The summed E-state index contributed by atoms with van der Waals surface area (Å²) < 4.78 is 39.5. The molecule has 0 aliphatic heterocycles. The molecule has 1 N–H and O–H groups in total. The van der Waals surface area contributed by atoms with Crippen molar-refractivity contribution >= 4 is 11.6 Å². The van der Waals surface area contributed by atoms with Crippen LogP contribution < -0.4 is 4.74 Å². The molecule has 0 radical (unpaired) electrons. The zero-order valence-corrected chi connectivity index (χ0v) is 9.01. The maximum absolute atomic E-state index is 12.0. The van der Waals surface area contributed by atoms with Crippen molar-refractivity contribution < 1.29 is 23.0 Å². The van der Waals surface area contributed by atoms with Gasteiger partial charge in [-0.05, 0) is 6.07 Å². The molecule has 0 saturated carbocycles. The summed E-state index contributed by atoms with van der Waals surface area (Å²) >= 11 is 5.44. The van der Waals surface area contributed by atoms with Gasteiger partial charge in [0.15, 0.2) is 5.75 Å². The molecule has 8 heteroatoms. The van der Waals surface area contributed by atoms with Gasteiger partial charge in [-0.1, -0.05) is 0 Å². The van der Waals surface area contributed by atoms with E-state index in [4.69, 9.17) is 16.9 Å². The lowest BCUT2D eigenvalue weighted by Gasteiger charge is -2.12. The van der Waals surface area contributed by atoms with Gasteiger partial charge >= 0.3 is 6.36 Å². The lowest BCUT2D eigenvalue weighted by molar-refractivity contribution is -0.276. The first-order valence-electron chi connectivity index (χ1n) is 4.27. The van der Waals surface area contributed by atoms with E-state index in [0.717, 1.165) is 0 Å². The molecule has 0 aliphatic rings. The fourth-order valence-corrected chi connectivity index (χ4v) is 1.28. The highest BCUT2D eigenvalue weighted by atomic mass is 35.5. The van der Waals surface area contributed by atoms with Gasteiger partial charge < -0.3 is 9.84 Å². The third-order valence-corrected chi connectivity index (χ3v) is 2.00. The van der Waals surface area contributed by atoms with E-state index in [9.17, 15) is 18.3 Å². The van der Waals surface area contributed by atoms with E-state index in [-0.39, 0.29) is 23.6 Å². The number of nitrogens with zero attached hydrogens (tertiary/aromatic N) is 2. The zero-order valence-electron chi connectivity index (χ0n) is 8.25. The molecular formula is C9H6ClF3N2O2. The summed E-state index contributed by atoms with van der Waals surface area (Å²) in [7, 11) is 0. The van der Waals surface area contributed by atoms with Gasteiger partial charge in [0.2, 0.25) is 0 Å². The zero-order chi connectivity index (χ0) is 13.1. The number of rotatable bonds is 3. The predicted octanol–water partition coefficient (Wildman–Crippen LogP) is 2.49. The smallest absolute Gasteiger partial charge is 0.503 e. The van der Waals surface area contributed by atoms with Crippen LogP contribution in [0.3, 0.4) is 0 Å². The van der Waals surface area contributed by atoms with E-state index < -0.39 is 18.0 Å². The van der Waals surface area contributed by atoms with Crippen LogP contribution in [0.5, 0.6) is 11.6 Å². The Kier molecular flexibility index (Phi) is 4.02. The van der Waals surface area contributed by atoms with Crippen LogP contribution in [-0.4, -0.2) is 16.5 Å². The minimum absolute atomic E-state index is 0.0196. The van der Waals surface area contributed by atoms with Crippen LogP contribution in [0.2, 0.25) is 0 Å². The van der Waals surface area contributed by atoms with E-state index in [2.05, 4.69) is 9.72 Å². The second-order valence-electron chi connectivity index (χ2n) is 2.94. The molecule has 0 aromatic carbocycles. The quantitative estimate of drug-likeness (QED) is 0.854. The molecule has 1 rings (SSSR count). The number of aromatic hydroxyl groups is 1. The van der Waals surface area contributed by atoms with Crippen LogP contribution in [0.15, 0.2) is 6.07 Å². The Morgan fingerprint density at radius 1 is 1.53 bits per heavy atom. The first-order chi connectivity index (χ1) is 7.87. The number of hydrogen-bond acceptors (Lipinski definition) is 4. The van der Waals surface area contributed by atoms with E-state index in [0.29, 0.717) is 0 Å². The number of nitriles is 1. The average molecular weight is 267 g/mol. The van der Waals surface area contributed by atoms with Gasteiger partial charge in [0.25, 0.3) is 5.88 Å². The Morgan fingerprint density at radius 3 is 2.65 bits per heavy atom. The van der Waals surface area contributed by atoms with E-state index in [1.165, 1.54) is 6.07 Å². The summed E-state index contributed by atoms with van der Waals surface area (Å²) in [6.07, 6.45) is -5.18. The van der Waals surface area contributed by atoms with E-state index in [1.807, 2.05) is 0 Å². The highest BCUT2D eigenvalue weighted by Crippen LogP contribution is 2.33. The fraction of sp³-hybridized carbons (Fsp3) is 0.333. The van der Waals surface area contributed by atoms with Crippen LogP contribution in [0.25, 0.3) is 0 Å². The van der Waals surface area contributed by atoms with Gasteiger partial charge in [0.05, 0.1) is 24.1 Å². The van der Waals surface area contributed by atoms with Gasteiger partial charge in [-0.2, -0.15) is 5.26 Å². The number of aromatic nitrogens is 1. The van der Waals surface area contributed by atoms with Crippen LogP contribution in [0.1, 0.15) is 11.3 Å². The molecule has 0 unspecified atom stereocenters. The molecule has 0 aliphatic carbocycles. The second kappa shape index (κ2) is 5.10. The monoisotopic (exact) mass is 266 g/mol. The van der Waals surface area contributed by atoms with Crippen LogP contribution in [-0.2, 0) is 12.3 Å². The summed E-state index contributed by atoms with van der Waals surface area (Å²) in [4.78, 5) is 3.38. The largest absolute Gasteiger partial charge is 0.574 e. The molecule has 0 fully saturated rings. The van der Waals surface area contributed by atoms with Gasteiger partial charge in [0, 0.05) is 5.56 Å². The van der Waals surface area contributed by atoms with Crippen molar-refractivity contribution in [3.05, 3.63) is 17.3 Å². The molecule has 92 valence electrons. The minimum atomic E-state index is -4.97. The van der Waals surface area contributed by atoms with E-state index in [1.54, 1.807) is 6.07 Å². The predicted molar refractivity (Wildman–Crippen MR) is 51.5 cm³/mol. The van der Waals surface area contributed by atoms with Crippen molar-refractivity contribution in [3.8, 4) is 17.7 Å². The van der Waals surface area contributed by atoms with Crippen LogP contribution >= 0.6 is 11.6 Å². The summed E-state index contributed by atoms with van der Waals surface area (Å²) in [5.41, 5.74) is 0.0615. The summed E-state index contributed by atoms with van der Waals surface area (Å²) in [5, 5.41) is 17.8. The van der Waals surface area contributed by atoms with Gasteiger partial charge in [-0.25, -0.2) is 4.98 Å².